The van der Waals surface area contributed by atoms with Crippen molar-refractivity contribution in [3.63, 3.8) is 0 Å². The molecule has 68 valence electrons. The molecule has 2 radical (unpaired) electrons. The van der Waals surface area contributed by atoms with Crippen molar-refractivity contribution in [2.45, 2.75) is 0 Å². The molecule has 0 fully saturated rings. The van der Waals surface area contributed by atoms with Crippen molar-refractivity contribution in [2.24, 2.45) is 0 Å². The van der Waals surface area contributed by atoms with Crippen molar-refractivity contribution in [1.82, 2.24) is 0 Å². The molecule has 9 heteroatoms. The molecule has 0 aromatic heterocycles. The zero-order chi connectivity index (χ0) is 0. The zero-order valence-corrected chi connectivity index (χ0v) is 16.7. The molecule has 0 nitrogen and oxygen atoms in total. The summed E-state index contributed by atoms with van der Waals surface area (Å²) in [7, 11) is 0. The van der Waals surface area contributed by atoms with Crippen molar-refractivity contribution in [1.29, 1.82) is 0 Å². The molecule has 0 rings (SSSR count). The molecule has 0 bridgehead atoms. The van der Waals surface area contributed by atoms with Gasteiger partial charge in [-0.05, 0) is 0 Å². The quantitative estimate of drug-likeness (QED) is 0.399. The summed E-state index contributed by atoms with van der Waals surface area (Å²) in [6, 6.07) is 0. The van der Waals surface area contributed by atoms with E-state index in [0.29, 0.717) is 0 Å². The third-order valence-corrected chi connectivity index (χ3v) is 0. The number of halogens is 7. The minimum absolute atomic E-state index is 0. The van der Waals surface area contributed by atoms with E-state index in [2.05, 4.69) is 0 Å². The van der Waals surface area contributed by atoms with Gasteiger partial charge in [0.05, 0.1) is 0 Å². The van der Waals surface area contributed by atoms with Gasteiger partial charge in [0.25, 0.3) is 0 Å². The molecule has 0 aliphatic rings. The summed E-state index contributed by atoms with van der Waals surface area (Å²) in [5.74, 6) is 0. The molecule has 0 atom stereocenters. The zero-order valence-electron chi connectivity index (χ0n) is 3.97. The van der Waals surface area contributed by atoms with E-state index in [-0.39, 0.29) is 132 Å². The van der Waals surface area contributed by atoms with Crippen LogP contribution in [0.3, 0.4) is 0 Å². The molecule has 0 unspecified atom stereocenters. The fourth-order valence-electron chi connectivity index (χ4n) is 0. The molecule has 0 saturated heterocycles. The van der Waals surface area contributed by atoms with Gasteiger partial charge in [-0.2, -0.15) is 0 Å². The van der Waals surface area contributed by atoms with Crippen LogP contribution in [0, 0.1) is 0 Å². The van der Waals surface area contributed by atoms with Crippen LogP contribution in [0.1, 0.15) is 0 Å². The van der Waals surface area contributed by atoms with E-state index in [0.717, 1.165) is 0 Å². The van der Waals surface area contributed by atoms with Gasteiger partial charge in [-0.25, -0.2) is 0 Å². The van der Waals surface area contributed by atoms with Crippen LogP contribution in [0.5, 0.6) is 0 Å². The van der Waals surface area contributed by atoms with Crippen molar-refractivity contribution in [3.8, 4) is 0 Å². The van der Waals surface area contributed by atoms with Gasteiger partial charge >= 0.3 is 23.9 Å². The molecule has 0 spiro atoms. The molecule has 0 aromatic carbocycles. The molecule has 0 aliphatic carbocycles. The van der Waals surface area contributed by atoms with Gasteiger partial charge in [0.15, 0.2) is 0 Å². The third-order valence-electron chi connectivity index (χ3n) is 0. The Morgan fingerprint density at radius 3 is 0.333 bits per heavy atom. The Kier molecular flexibility index (Phi) is 1540. The molecule has 9 heavy (non-hydrogen) atoms. The average Bonchev–Trinajstić information content (AvgIpc) is 0. The summed E-state index contributed by atoms with van der Waals surface area (Å²) >= 11 is 0. The monoisotopic (exact) mass is 558 g/mol. The van der Waals surface area contributed by atoms with Gasteiger partial charge < -0.3 is 0 Å². The maximum absolute atomic E-state index is 0. The SMILES string of the molecule is Cl.Cl.Cl.Cl.Cl.Cl.Cl.[SnH2].[W]. The van der Waals surface area contributed by atoms with E-state index in [4.69, 9.17) is 0 Å². The third kappa shape index (κ3) is 84.3. The van der Waals surface area contributed by atoms with Crippen LogP contribution in [0.15, 0.2) is 0 Å². The molecule has 0 amide bonds. The van der Waals surface area contributed by atoms with Crippen LogP contribution < -0.4 is 0 Å². The van der Waals surface area contributed by atoms with Gasteiger partial charge in [0.1, 0.15) is 0 Å². The van der Waals surface area contributed by atoms with Crippen molar-refractivity contribution in [2.75, 3.05) is 0 Å². The maximum atomic E-state index is 0. The van der Waals surface area contributed by atoms with Crippen LogP contribution in [-0.4, -0.2) is 23.9 Å². The minimum atomic E-state index is 0. The summed E-state index contributed by atoms with van der Waals surface area (Å²) in [4.78, 5) is 0. The Labute approximate surface area is 130 Å². The summed E-state index contributed by atoms with van der Waals surface area (Å²) in [5, 5.41) is 0. The van der Waals surface area contributed by atoms with Gasteiger partial charge in [-0.1, -0.05) is 0 Å². The van der Waals surface area contributed by atoms with Crippen molar-refractivity contribution < 1.29 is 21.1 Å². The first-order valence-electron chi connectivity index (χ1n) is 0. The molecule has 0 aromatic rings. The second-order valence-electron chi connectivity index (χ2n) is 0. The van der Waals surface area contributed by atoms with Crippen LogP contribution in [0.2, 0.25) is 0 Å². The fourth-order valence-corrected chi connectivity index (χ4v) is 0. The molecule has 0 aliphatic heterocycles. The van der Waals surface area contributed by atoms with Gasteiger partial charge in [-0.15, -0.1) is 86.8 Å². The Bertz CT molecular complexity index is 8.88. The summed E-state index contributed by atoms with van der Waals surface area (Å²) in [5.41, 5.74) is 0. The summed E-state index contributed by atoms with van der Waals surface area (Å²) < 4.78 is 0. The van der Waals surface area contributed by atoms with Crippen LogP contribution in [-0.2, 0) is 21.1 Å². The van der Waals surface area contributed by atoms with Crippen molar-refractivity contribution in [3.05, 3.63) is 0 Å². The Morgan fingerprint density at radius 1 is 0.333 bits per heavy atom. The number of rotatable bonds is 0. The predicted octanol–water partition coefficient (Wildman–Crippen LogP) is 2.03. The van der Waals surface area contributed by atoms with Gasteiger partial charge in [-0.3, -0.25) is 0 Å². The topological polar surface area (TPSA) is 0 Å². The molecule has 0 saturated carbocycles. The first-order valence-corrected chi connectivity index (χ1v) is 0. The van der Waals surface area contributed by atoms with Crippen LogP contribution in [0.4, 0.5) is 0 Å². The van der Waals surface area contributed by atoms with Crippen LogP contribution >= 0.6 is 86.8 Å². The molecule has 0 heterocycles. The Hall–Kier alpha value is 3.52. The summed E-state index contributed by atoms with van der Waals surface area (Å²) in [6.45, 7) is 0. The second-order valence-corrected chi connectivity index (χ2v) is 0. The standard InChI is InChI=1S/7ClH.Sn.W.2H/h7*1H;;;;. The Balaban J connectivity index is 0. The molecular weight excluding hydrogens is 551 g/mol. The predicted molar refractivity (Wildman–Crippen MR) is 59.3 cm³/mol. The fraction of sp³-hybridized carbons (Fsp3) is 0. The smallest absolute Gasteiger partial charge is 0 e. The number of hydrogen-bond donors (Lipinski definition) is 0. The van der Waals surface area contributed by atoms with Gasteiger partial charge in [0, 0.05) is 21.1 Å². The van der Waals surface area contributed by atoms with E-state index in [1.165, 1.54) is 0 Å². The normalized spacial score (nSPS) is 0. The van der Waals surface area contributed by atoms with E-state index >= 15 is 0 Å². The first-order chi connectivity index (χ1) is 0. The first kappa shape index (κ1) is 134. The van der Waals surface area contributed by atoms with E-state index < -0.39 is 0 Å². The Morgan fingerprint density at radius 2 is 0.333 bits per heavy atom. The number of hydrogen-bond acceptors (Lipinski definition) is 0. The largest absolute Gasteiger partial charge is 0 e. The molecule has 0 N–H and O–H groups in total. The summed E-state index contributed by atoms with van der Waals surface area (Å²) in [6.07, 6.45) is 0. The second kappa shape index (κ2) is 103. The van der Waals surface area contributed by atoms with Crippen LogP contribution in [0.25, 0.3) is 0 Å². The van der Waals surface area contributed by atoms with E-state index in [1.807, 2.05) is 0 Å². The molecular formula is H9Cl7SnW. The van der Waals surface area contributed by atoms with Crippen molar-refractivity contribution >= 4 is 111 Å². The maximum Gasteiger partial charge on any atom is 0 e. The van der Waals surface area contributed by atoms with E-state index in [9.17, 15) is 0 Å². The average molecular weight is 560 g/mol. The van der Waals surface area contributed by atoms with E-state index in [1.54, 1.807) is 0 Å². The minimum Gasteiger partial charge on any atom is 0 e. The van der Waals surface area contributed by atoms with Gasteiger partial charge in [0.2, 0.25) is 0 Å².